The van der Waals surface area contributed by atoms with Crippen molar-refractivity contribution in [1.82, 2.24) is 0 Å². The first-order chi connectivity index (χ1) is 15.4. The van der Waals surface area contributed by atoms with Crippen LogP contribution in [0.25, 0.3) is 0 Å². The fourth-order valence-electron chi connectivity index (χ4n) is 2.91. The Hall–Kier alpha value is -3.17. The van der Waals surface area contributed by atoms with Crippen LogP contribution in [0.5, 0.6) is 11.5 Å². The average Bonchev–Trinajstić information content (AvgIpc) is 3.48. The number of hydrogen-bond acceptors (Lipinski definition) is 8. The maximum absolute atomic E-state index is 12.8. The molecule has 0 saturated heterocycles. The van der Waals surface area contributed by atoms with Gasteiger partial charge in [0.15, 0.2) is 18.1 Å². The van der Waals surface area contributed by atoms with Crippen LogP contribution in [0.15, 0.2) is 41.8 Å². The highest BCUT2D eigenvalue weighted by Gasteiger charge is 2.21. The monoisotopic (exact) mass is 473 g/mol. The molecule has 0 aliphatic rings. The smallest absolute Gasteiger partial charge is 0.340 e. The molecule has 0 radical (unpaired) electrons. The number of aryl methyl sites for hydroxylation is 1. The fraction of sp³-hybridized carbons (Fsp3) is 0.261. The van der Waals surface area contributed by atoms with E-state index in [4.69, 9.17) is 14.2 Å². The molecule has 32 heavy (non-hydrogen) atoms. The molecular formula is C23H23NO6S2. The SMILES string of the molecule is CCc1ccc(C(=O)COC(=O)c2cc(OC)c(OC)cc2NC(=O)Cc2cccs2)s1. The summed E-state index contributed by atoms with van der Waals surface area (Å²) in [4.78, 5) is 40.2. The number of ether oxygens (including phenoxy) is 3. The number of thiophene rings is 2. The van der Waals surface area contributed by atoms with Gasteiger partial charge in [0.1, 0.15) is 0 Å². The number of benzene rings is 1. The van der Waals surface area contributed by atoms with Gasteiger partial charge in [-0.15, -0.1) is 22.7 Å². The Morgan fingerprint density at radius 1 is 1.00 bits per heavy atom. The van der Waals surface area contributed by atoms with Gasteiger partial charge < -0.3 is 19.5 Å². The summed E-state index contributed by atoms with van der Waals surface area (Å²) < 4.78 is 15.8. The minimum Gasteiger partial charge on any atom is -0.493 e. The maximum atomic E-state index is 12.8. The van der Waals surface area contributed by atoms with Crippen LogP contribution >= 0.6 is 22.7 Å². The number of methoxy groups -OCH3 is 2. The molecule has 7 nitrogen and oxygen atoms in total. The van der Waals surface area contributed by atoms with Crippen molar-refractivity contribution < 1.29 is 28.6 Å². The van der Waals surface area contributed by atoms with Gasteiger partial charge in [-0.25, -0.2) is 4.79 Å². The highest BCUT2D eigenvalue weighted by Crippen LogP contribution is 2.34. The molecule has 1 N–H and O–H groups in total. The Labute approximate surface area is 193 Å². The quantitative estimate of drug-likeness (QED) is 0.342. The number of carbonyl (C=O) groups is 3. The predicted molar refractivity (Wildman–Crippen MR) is 125 cm³/mol. The Morgan fingerprint density at radius 3 is 2.38 bits per heavy atom. The summed E-state index contributed by atoms with van der Waals surface area (Å²) in [6.07, 6.45) is 0.995. The maximum Gasteiger partial charge on any atom is 0.340 e. The first-order valence-corrected chi connectivity index (χ1v) is 11.5. The number of anilines is 1. The van der Waals surface area contributed by atoms with Crippen LogP contribution in [0.4, 0.5) is 5.69 Å². The number of hydrogen-bond donors (Lipinski definition) is 1. The lowest BCUT2D eigenvalue weighted by Crippen LogP contribution is -2.19. The van der Waals surface area contributed by atoms with Gasteiger partial charge in [0.2, 0.25) is 11.7 Å². The molecular weight excluding hydrogens is 450 g/mol. The van der Waals surface area contributed by atoms with Crippen molar-refractivity contribution in [3.8, 4) is 11.5 Å². The molecule has 0 atom stereocenters. The summed E-state index contributed by atoms with van der Waals surface area (Å²) in [6, 6.07) is 10.2. The minimum atomic E-state index is -0.752. The third-order valence-electron chi connectivity index (χ3n) is 4.55. The van der Waals surface area contributed by atoms with Gasteiger partial charge in [0, 0.05) is 21.9 Å². The van der Waals surface area contributed by atoms with E-state index in [-0.39, 0.29) is 29.4 Å². The van der Waals surface area contributed by atoms with Gasteiger partial charge in [-0.3, -0.25) is 9.59 Å². The summed E-state index contributed by atoms with van der Waals surface area (Å²) in [5.41, 5.74) is 0.279. The van der Waals surface area contributed by atoms with E-state index in [2.05, 4.69) is 5.32 Å². The summed E-state index contributed by atoms with van der Waals surface area (Å²) in [5.74, 6) is -0.689. The molecule has 1 amide bonds. The van der Waals surface area contributed by atoms with Gasteiger partial charge >= 0.3 is 5.97 Å². The lowest BCUT2D eigenvalue weighted by atomic mass is 10.1. The highest BCUT2D eigenvalue weighted by molar-refractivity contribution is 7.14. The van der Waals surface area contributed by atoms with Crippen molar-refractivity contribution in [2.45, 2.75) is 19.8 Å². The lowest BCUT2D eigenvalue weighted by Gasteiger charge is -2.15. The molecule has 0 unspecified atom stereocenters. The van der Waals surface area contributed by atoms with Crippen LogP contribution in [0, 0.1) is 0 Å². The molecule has 9 heteroatoms. The average molecular weight is 474 g/mol. The van der Waals surface area contributed by atoms with E-state index in [1.54, 1.807) is 6.07 Å². The standard InChI is InChI=1S/C23H23NO6S2/c1-4-14-7-8-21(32-14)18(25)13-30-23(27)16-11-19(28-2)20(29-3)12-17(16)24-22(26)10-15-6-5-9-31-15/h5-9,11-12H,4,10,13H2,1-3H3,(H,24,26). The fourth-order valence-corrected chi connectivity index (χ4v) is 4.49. The number of Topliss-reactive ketones (excluding diaryl/α,β-unsaturated/α-hetero) is 1. The van der Waals surface area contributed by atoms with Crippen LogP contribution in [-0.4, -0.2) is 38.5 Å². The Bertz CT molecular complexity index is 1100. The van der Waals surface area contributed by atoms with Crippen LogP contribution in [0.1, 0.15) is 36.7 Å². The first kappa shape index (κ1) is 23.5. The summed E-state index contributed by atoms with van der Waals surface area (Å²) >= 11 is 2.84. The molecule has 3 rings (SSSR count). The van der Waals surface area contributed by atoms with Crippen molar-refractivity contribution in [3.05, 3.63) is 62.0 Å². The molecule has 0 aliphatic heterocycles. The summed E-state index contributed by atoms with van der Waals surface area (Å²) in [7, 11) is 2.89. The van der Waals surface area contributed by atoms with Crippen LogP contribution < -0.4 is 14.8 Å². The highest BCUT2D eigenvalue weighted by atomic mass is 32.1. The number of carbonyl (C=O) groups excluding carboxylic acids is 3. The topological polar surface area (TPSA) is 90.9 Å². The zero-order chi connectivity index (χ0) is 23.1. The molecule has 2 aromatic heterocycles. The van der Waals surface area contributed by atoms with Gasteiger partial charge in [0.05, 0.1) is 36.8 Å². The second-order valence-electron chi connectivity index (χ2n) is 6.68. The molecule has 0 saturated carbocycles. The van der Waals surface area contributed by atoms with E-state index in [9.17, 15) is 14.4 Å². The number of rotatable bonds is 10. The van der Waals surface area contributed by atoms with Crippen molar-refractivity contribution in [1.29, 1.82) is 0 Å². The summed E-state index contributed by atoms with van der Waals surface area (Å²) in [5, 5.41) is 4.62. The van der Waals surface area contributed by atoms with E-state index < -0.39 is 12.6 Å². The number of nitrogens with one attached hydrogen (secondary N) is 1. The number of esters is 1. The van der Waals surface area contributed by atoms with E-state index >= 15 is 0 Å². The van der Waals surface area contributed by atoms with Crippen molar-refractivity contribution in [2.24, 2.45) is 0 Å². The number of ketones is 1. The van der Waals surface area contributed by atoms with E-state index in [1.807, 2.05) is 30.5 Å². The molecule has 2 heterocycles. The molecule has 0 aliphatic carbocycles. The van der Waals surface area contributed by atoms with Gasteiger partial charge in [-0.05, 0) is 30.0 Å². The van der Waals surface area contributed by atoms with Crippen LogP contribution in [0.3, 0.4) is 0 Å². The molecule has 0 bridgehead atoms. The lowest BCUT2D eigenvalue weighted by molar-refractivity contribution is -0.115. The van der Waals surface area contributed by atoms with Crippen LogP contribution in [-0.2, 0) is 22.4 Å². The first-order valence-electron chi connectivity index (χ1n) is 9.82. The zero-order valence-corrected chi connectivity index (χ0v) is 19.6. The van der Waals surface area contributed by atoms with Crippen molar-refractivity contribution in [3.63, 3.8) is 0 Å². The summed E-state index contributed by atoms with van der Waals surface area (Å²) in [6.45, 7) is 1.60. The van der Waals surface area contributed by atoms with E-state index in [0.29, 0.717) is 16.4 Å². The largest absolute Gasteiger partial charge is 0.493 e. The molecule has 1 aromatic carbocycles. The Balaban J connectivity index is 1.78. The molecule has 0 fully saturated rings. The zero-order valence-electron chi connectivity index (χ0n) is 17.9. The van der Waals surface area contributed by atoms with Gasteiger partial charge in [-0.2, -0.15) is 0 Å². The van der Waals surface area contributed by atoms with E-state index in [0.717, 1.165) is 16.2 Å². The number of amides is 1. The molecule has 3 aromatic rings. The minimum absolute atomic E-state index is 0.0652. The van der Waals surface area contributed by atoms with Crippen molar-refractivity contribution >= 4 is 46.0 Å². The normalized spacial score (nSPS) is 10.5. The molecule has 0 spiro atoms. The third kappa shape index (κ3) is 5.74. The molecule has 168 valence electrons. The predicted octanol–water partition coefficient (Wildman–Crippen LogP) is 4.61. The van der Waals surface area contributed by atoms with Crippen molar-refractivity contribution in [2.75, 3.05) is 26.1 Å². The second-order valence-corrected chi connectivity index (χ2v) is 8.88. The van der Waals surface area contributed by atoms with Crippen LogP contribution in [0.2, 0.25) is 0 Å². The third-order valence-corrected chi connectivity index (χ3v) is 6.70. The van der Waals surface area contributed by atoms with E-state index in [1.165, 1.54) is 49.0 Å². The van der Waals surface area contributed by atoms with Gasteiger partial charge in [0.25, 0.3) is 0 Å². The Kier molecular flexibility index (Phi) is 8.02. The van der Waals surface area contributed by atoms with Gasteiger partial charge in [-0.1, -0.05) is 13.0 Å². The second kappa shape index (κ2) is 10.9. The Morgan fingerprint density at radius 2 is 1.75 bits per heavy atom.